The highest BCUT2D eigenvalue weighted by Gasteiger charge is 2.20. The van der Waals surface area contributed by atoms with Gasteiger partial charge in [0, 0.05) is 11.9 Å². The van der Waals surface area contributed by atoms with Gasteiger partial charge in [-0.05, 0) is 53.2 Å². The number of anilines is 1. The predicted molar refractivity (Wildman–Crippen MR) is 110 cm³/mol. The minimum Gasteiger partial charge on any atom is -0.315 e. The van der Waals surface area contributed by atoms with E-state index in [9.17, 15) is 14.9 Å². The Morgan fingerprint density at radius 2 is 1.96 bits per heavy atom. The van der Waals surface area contributed by atoms with E-state index in [1.165, 1.54) is 22.1 Å². The zero-order valence-electron chi connectivity index (χ0n) is 14.6. The summed E-state index contributed by atoms with van der Waals surface area (Å²) < 4.78 is 4.03. The van der Waals surface area contributed by atoms with E-state index >= 15 is 0 Å². The summed E-state index contributed by atoms with van der Waals surface area (Å²) in [6.45, 7) is 1.74. The summed E-state index contributed by atoms with van der Waals surface area (Å²) in [5.41, 5.74) is 1.00. The van der Waals surface area contributed by atoms with Crippen molar-refractivity contribution in [2.75, 3.05) is 5.32 Å². The minimum atomic E-state index is -0.618. The van der Waals surface area contributed by atoms with E-state index in [-0.39, 0.29) is 16.8 Å². The van der Waals surface area contributed by atoms with Crippen LogP contribution in [-0.2, 0) is 11.8 Å². The lowest BCUT2D eigenvalue weighted by molar-refractivity contribution is -0.112. The third kappa shape index (κ3) is 3.79. The summed E-state index contributed by atoms with van der Waals surface area (Å²) in [4.78, 5) is 26.2. The van der Waals surface area contributed by atoms with Crippen molar-refractivity contribution in [1.82, 2.24) is 9.36 Å². The molecule has 0 bridgehead atoms. The highest BCUT2D eigenvalue weighted by Crippen LogP contribution is 2.24. The molecular weight excluding hydrogens is 428 g/mol. The molecule has 0 aliphatic rings. The van der Waals surface area contributed by atoms with Crippen molar-refractivity contribution in [2.45, 2.75) is 6.92 Å². The van der Waals surface area contributed by atoms with Gasteiger partial charge in [-0.3, -0.25) is 14.3 Å². The minimum absolute atomic E-state index is 0.0711. The Hall–Kier alpha value is -2.89. The molecule has 3 rings (SSSR count). The molecule has 0 aliphatic heterocycles. The molecule has 0 spiro atoms. The first kappa shape index (κ1) is 18.9. The van der Waals surface area contributed by atoms with Gasteiger partial charge in [0.25, 0.3) is 11.5 Å². The Kier molecular flexibility index (Phi) is 5.44. The molecular formula is C19H15BrN4O2S. The standard InChI is InChI=1S/C19H15BrN4O2S/c1-12-17(19(26)24(23(12)2)14-6-4-3-5-7-14)22-18(25)13(11-21)10-15-8-9-16(20)27-15/h3-10H,1-2H3,(H,22,25)/b13-10+. The lowest BCUT2D eigenvalue weighted by Gasteiger charge is -2.07. The molecule has 8 heteroatoms. The van der Waals surface area contributed by atoms with Gasteiger partial charge in [-0.25, -0.2) is 4.68 Å². The Bertz CT molecular complexity index is 1130. The topological polar surface area (TPSA) is 79.8 Å². The van der Waals surface area contributed by atoms with Gasteiger partial charge in [-0.2, -0.15) is 5.26 Å². The van der Waals surface area contributed by atoms with Crippen LogP contribution in [0.1, 0.15) is 10.6 Å². The van der Waals surface area contributed by atoms with E-state index in [0.29, 0.717) is 11.4 Å². The number of hydrogen-bond acceptors (Lipinski definition) is 4. The maximum Gasteiger partial charge on any atom is 0.295 e. The Balaban J connectivity index is 1.96. The molecule has 0 aliphatic carbocycles. The number of benzene rings is 1. The molecule has 1 N–H and O–H groups in total. The lowest BCUT2D eigenvalue weighted by Crippen LogP contribution is -2.23. The van der Waals surface area contributed by atoms with Crippen LogP contribution in [-0.4, -0.2) is 15.3 Å². The van der Waals surface area contributed by atoms with E-state index in [1.54, 1.807) is 24.7 Å². The van der Waals surface area contributed by atoms with Crippen LogP contribution >= 0.6 is 27.3 Å². The molecule has 0 unspecified atom stereocenters. The highest BCUT2D eigenvalue weighted by molar-refractivity contribution is 9.11. The largest absolute Gasteiger partial charge is 0.315 e. The SMILES string of the molecule is Cc1c(NC(=O)/C(C#N)=C/c2ccc(Br)s2)c(=O)n(-c2ccccc2)n1C. The van der Waals surface area contributed by atoms with Crippen LogP contribution in [0.4, 0.5) is 5.69 Å². The van der Waals surface area contributed by atoms with Gasteiger partial charge in [-0.1, -0.05) is 18.2 Å². The van der Waals surface area contributed by atoms with Crippen LogP contribution in [0.15, 0.2) is 56.6 Å². The number of nitrogens with zero attached hydrogens (tertiary/aromatic N) is 3. The van der Waals surface area contributed by atoms with Crippen molar-refractivity contribution in [2.24, 2.45) is 7.05 Å². The Labute approximate surface area is 168 Å². The third-order valence-electron chi connectivity index (χ3n) is 4.04. The number of thiophene rings is 1. The molecule has 3 aromatic rings. The smallest absolute Gasteiger partial charge is 0.295 e. The number of nitriles is 1. The molecule has 2 aromatic heterocycles. The fourth-order valence-corrected chi connectivity index (χ4v) is 3.96. The van der Waals surface area contributed by atoms with Gasteiger partial charge >= 0.3 is 0 Å². The van der Waals surface area contributed by atoms with Crippen molar-refractivity contribution in [3.05, 3.63) is 72.7 Å². The number of aromatic nitrogens is 2. The molecule has 1 amide bonds. The first-order valence-electron chi connectivity index (χ1n) is 7.95. The van der Waals surface area contributed by atoms with Crippen LogP contribution in [0, 0.1) is 18.3 Å². The first-order valence-corrected chi connectivity index (χ1v) is 9.56. The molecule has 0 radical (unpaired) electrons. The number of para-hydroxylation sites is 1. The Morgan fingerprint density at radius 3 is 2.56 bits per heavy atom. The van der Waals surface area contributed by atoms with Crippen LogP contribution in [0.25, 0.3) is 11.8 Å². The summed E-state index contributed by atoms with van der Waals surface area (Å²) in [5, 5.41) is 11.9. The normalized spacial score (nSPS) is 11.3. The average molecular weight is 443 g/mol. The van der Waals surface area contributed by atoms with Gasteiger partial charge in [-0.15, -0.1) is 11.3 Å². The molecule has 0 atom stereocenters. The molecule has 2 heterocycles. The quantitative estimate of drug-likeness (QED) is 0.492. The summed E-state index contributed by atoms with van der Waals surface area (Å²) >= 11 is 4.75. The number of nitrogens with one attached hydrogen (secondary N) is 1. The summed E-state index contributed by atoms with van der Waals surface area (Å²) in [6.07, 6.45) is 1.50. The zero-order valence-corrected chi connectivity index (χ0v) is 17.0. The zero-order chi connectivity index (χ0) is 19.6. The van der Waals surface area contributed by atoms with E-state index in [0.717, 1.165) is 8.66 Å². The molecule has 0 saturated carbocycles. The number of amides is 1. The molecule has 0 saturated heterocycles. The van der Waals surface area contributed by atoms with E-state index in [2.05, 4.69) is 21.2 Å². The van der Waals surface area contributed by atoms with Crippen molar-refractivity contribution >= 4 is 44.9 Å². The Morgan fingerprint density at radius 1 is 1.26 bits per heavy atom. The van der Waals surface area contributed by atoms with E-state index < -0.39 is 5.91 Å². The average Bonchev–Trinajstić information content (AvgIpc) is 3.16. The van der Waals surface area contributed by atoms with Gasteiger partial charge in [0.2, 0.25) is 0 Å². The second kappa shape index (κ2) is 7.78. The number of carbonyl (C=O) groups excluding carboxylic acids is 1. The maximum atomic E-state index is 12.8. The van der Waals surface area contributed by atoms with Crippen LogP contribution in [0.2, 0.25) is 0 Å². The fraction of sp³-hybridized carbons (Fsp3) is 0.105. The van der Waals surface area contributed by atoms with Gasteiger partial charge < -0.3 is 5.32 Å². The molecule has 27 heavy (non-hydrogen) atoms. The van der Waals surface area contributed by atoms with E-state index in [1.807, 2.05) is 42.5 Å². The van der Waals surface area contributed by atoms with Crippen molar-refractivity contribution in [3.63, 3.8) is 0 Å². The van der Waals surface area contributed by atoms with Gasteiger partial charge in [0.1, 0.15) is 17.3 Å². The summed E-state index contributed by atoms with van der Waals surface area (Å²) in [7, 11) is 1.74. The van der Waals surface area contributed by atoms with Crippen molar-refractivity contribution in [1.29, 1.82) is 5.26 Å². The monoisotopic (exact) mass is 442 g/mol. The predicted octanol–water partition coefficient (Wildman–Crippen LogP) is 3.85. The van der Waals surface area contributed by atoms with E-state index in [4.69, 9.17) is 0 Å². The highest BCUT2D eigenvalue weighted by atomic mass is 79.9. The van der Waals surface area contributed by atoms with Gasteiger partial charge in [0.15, 0.2) is 0 Å². The second-order valence-electron chi connectivity index (χ2n) is 5.70. The fourth-order valence-electron chi connectivity index (χ4n) is 2.59. The number of hydrogen-bond donors (Lipinski definition) is 1. The van der Waals surface area contributed by atoms with Crippen LogP contribution in [0.5, 0.6) is 0 Å². The number of carbonyl (C=O) groups is 1. The van der Waals surface area contributed by atoms with Crippen molar-refractivity contribution < 1.29 is 4.79 Å². The van der Waals surface area contributed by atoms with Crippen LogP contribution < -0.4 is 10.9 Å². The lowest BCUT2D eigenvalue weighted by atomic mass is 10.2. The van der Waals surface area contributed by atoms with Crippen LogP contribution in [0.3, 0.4) is 0 Å². The molecule has 1 aromatic carbocycles. The third-order valence-corrected chi connectivity index (χ3v) is 5.61. The number of halogens is 1. The molecule has 136 valence electrons. The summed E-state index contributed by atoms with van der Waals surface area (Å²) in [6, 6.07) is 14.7. The van der Waals surface area contributed by atoms with Gasteiger partial charge in [0.05, 0.1) is 15.2 Å². The molecule has 6 nitrogen and oxygen atoms in total. The second-order valence-corrected chi connectivity index (χ2v) is 8.20. The van der Waals surface area contributed by atoms with Crippen molar-refractivity contribution in [3.8, 4) is 11.8 Å². The first-order chi connectivity index (χ1) is 12.9. The summed E-state index contributed by atoms with van der Waals surface area (Å²) in [5.74, 6) is -0.618. The molecule has 0 fully saturated rings. The number of rotatable bonds is 4. The maximum absolute atomic E-state index is 12.8.